The summed E-state index contributed by atoms with van der Waals surface area (Å²) in [5.74, 6) is -1.01. The van der Waals surface area contributed by atoms with Crippen LogP contribution in [-0.2, 0) is 9.59 Å². The summed E-state index contributed by atoms with van der Waals surface area (Å²) in [5, 5.41) is 13.2. The topological polar surface area (TPSA) is 78.5 Å². The number of carbonyl (C=O) groups excluding carboxylic acids is 2. The van der Waals surface area contributed by atoms with Crippen LogP contribution in [0.4, 0.5) is 5.69 Å². The summed E-state index contributed by atoms with van der Waals surface area (Å²) in [6.07, 6.45) is 1.77. The van der Waals surface area contributed by atoms with Gasteiger partial charge in [-0.2, -0.15) is 0 Å². The van der Waals surface area contributed by atoms with Crippen LogP contribution in [-0.4, -0.2) is 18.5 Å². The lowest BCUT2D eigenvalue weighted by atomic mass is 10.0. The molecule has 0 saturated heterocycles. The Bertz CT molecular complexity index is 812. The van der Waals surface area contributed by atoms with E-state index in [9.17, 15) is 14.7 Å². The standard InChI is InChI=1S/C17H12BrNO4/c18-11-3-6-15-13(8-11)14(17(22)19-15)7-10-1-4-12(5-2-10)23-9-16(20)21/h1-8H,9H2,(H,19,22)(H,20,21)/p-1/b14-7-. The Balaban J connectivity index is 1.86. The highest BCUT2D eigenvalue weighted by Crippen LogP contribution is 2.35. The molecule has 0 saturated carbocycles. The van der Waals surface area contributed by atoms with Gasteiger partial charge in [-0.15, -0.1) is 0 Å². The molecular weight excluding hydrogens is 362 g/mol. The summed E-state index contributed by atoms with van der Waals surface area (Å²) in [6, 6.07) is 12.4. The highest BCUT2D eigenvalue weighted by atomic mass is 79.9. The van der Waals surface area contributed by atoms with Gasteiger partial charge in [-0.25, -0.2) is 0 Å². The van der Waals surface area contributed by atoms with E-state index in [-0.39, 0.29) is 5.91 Å². The van der Waals surface area contributed by atoms with Crippen LogP contribution in [0, 0.1) is 0 Å². The molecule has 2 aromatic rings. The number of fused-ring (bicyclic) bond motifs is 1. The number of anilines is 1. The van der Waals surface area contributed by atoms with E-state index in [0.29, 0.717) is 11.3 Å². The zero-order valence-corrected chi connectivity index (χ0v) is 13.4. The minimum atomic E-state index is -1.28. The van der Waals surface area contributed by atoms with Crippen molar-refractivity contribution >= 4 is 45.1 Å². The summed E-state index contributed by atoms with van der Waals surface area (Å²) in [7, 11) is 0. The number of carboxylic acid groups (broad SMARTS) is 1. The van der Waals surface area contributed by atoms with Gasteiger partial charge >= 0.3 is 0 Å². The zero-order valence-electron chi connectivity index (χ0n) is 11.8. The van der Waals surface area contributed by atoms with Crippen molar-refractivity contribution in [2.75, 3.05) is 11.9 Å². The number of halogens is 1. The molecule has 0 aliphatic carbocycles. The quantitative estimate of drug-likeness (QED) is 0.833. The minimum Gasteiger partial charge on any atom is -0.546 e. The van der Waals surface area contributed by atoms with Gasteiger partial charge in [0.2, 0.25) is 0 Å². The predicted molar refractivity (Wildman–Crippen MR) is 87.6 cm³/mol. The molecule has 1 aliphatic heterocycles. The number of ether oxygens (including phenoxy) is 1. The molecular formula is C17H11BrNO4-. The SMILES string of the molecule is O=C([O-])COc1ccc(/C=C2\C(=O)Nc3ccc(Br)cc32)cc1. The second-order valence-corrected chi connectivity index (χ2v) is 5.85. The highest BCUT2D eigenvalue weighted by molar-refractivity contribution is 9.10. The maximum Gasteiger partial charge on any atom is 0.256 e. The van der Waals surface area contributed by atoms with Crippen molar-refractivity contribution in [3.8, 4) is 5.75 Å². The van der Waals surface area contributed by atoms with Crippen molar-refractivity contribution < 1.29 is 19.4 Å². The van der Waals surface area contributed by atoms with Gasteiger partial charge in [0.15, 0.2) is 0 Å². The van der Waals surface area contributed by atoms with Crippen LogP contribution in [0.25, 0.3) is 11.6 Å². The average molecular weight is 373 g/mol. The van der Waals surface area contributed by atoms with Crippen molar-refractivity contribution in [1.29, 1.82) is 0 Å². The molecule has 1 amide bonds. The number of amides is 1. The fourth-order valence-electron chi connectivity index (χ4n) is 2.27. The van der Waals surface area contributed by atoms with Crippen LogP contribution in [0.1, 0.15) is 11.1 Å². The van der Waals surface area contributed by atoms with E-state index in [1.54, 1.807) is 30.3 Å². The maximum atomic E-state index is 12.1. The fourth-order valence-corrected chi connectivity index (χ4v) is 2.63. The second kappa shape index (κ2) is 6.26. The van der Waals surface area contributed by atoms with Crippen molar-refractivity contribution in [2.45, 2.75) is 0 Å². The zero-order chi connectivity index (χ0) is 16.4. The number of aliphatic carboxylic acids is 1. The molecule has 0 fully saturated rings. The summed E-state index contributed by atoms with van der Waals surface area (Å²) in [6.45, 7) is -0.496. The van der Waals surface area contributed by atoms with E-state index < -0.39 is 12.6 Å². The average Bonchev–Trinajstić information content (AvgIpc) is 2.82. The maximum absolute atomic E-state index is 12.1. The van der Waals surface area contributed by atoms with Gasteiger partial charge in [-0.05, 0) is 42.0 Å². The van der Waals surface area contributed by atoms with Crippen LogP contribution < -0.4 is 15.2 Å². The van der Waals surface area contributed by atoms with Gasteiger partial charge < -0.3 is 20.0 Å². The third kappa shape index (κ3) is 3.43. The Morgan fingerprint density at radius 1 is 1.22 bits per heavy atom. The number of benzene rings is 2. The summed E-state index contributed by atoms with van der Waals surface area (Å²) >= 11 is 3.40. The molecule has 5 nitrogen and oxygen atoms in total. The Kier molecular flexibility index (Phi) is 4.16. The van der Waals surface area contributed by atoms with Gasteiger partial charge in [0.25, 0.3) is 5.91 Å². The molecule has 1 N–H and O–H groups in total. The van der Waals surface area contributed by atoms with Gasteiger partial charge in [-0.3, -0.25) is 4.79 Å². The fraction of sp³-hybridized carbons (Fsp3) is 0.0588. The van der Waals surface area contributed by atoms with Crippen LogP contribution in [0.3, 0.4) is 0 Å². The lowest BCUT2D eigenvalue weighted by Crippen LogP contribution is -2.28. The molecule has 0 unspecified atom stereocenters. The predicted octanol–water partition coefficient (Wildman–Crippen LogP) is 2.07. The number of hydrogen-bond acceptors (Lipinski definition) is 4. The second-order valence-electron chi connectivity index (χ2n) is 4.93. The smallest absolute Gasteiger partial charge is 0.256 e. The first-order chi connectivity index (χ1) is 11.0. The summed E-state index contributed by atoms with van der Waals surface area (Å²) in [5.41, 5.74) is 2.99. The Hall–Kier alpha value is -2.60. The van der Waals surface area contributed by atoms with Crippen molar-refractivity contribution in [3.63, 3.8) is 0 Å². The number of rotatable bonds is 4. The third-order valence-corrected chi connectivity index (χ3v) is 3.81. The Labute approximate surface area is 140 Å². The van der Waals surface area contributed by atoms with Gasteiger partial charge in [-0.1, -0.05) is 28.1 Å². The summed E-state index contributed by atoms with van der Waals surface area (Å²) in [4.78, 5) is 22.5. The number of carboxylic acids is 1. The first-order valence-corrected chi connectivity index (χ1v) is 7.58. The largest absolute Gasteiger partial charge is 0.546 e. The van der Waals surface area contributed by atoms with Crippen molar-refractivity contribution in [3.05, 3.63) is 58.1 Å². The normalized spacial score (nSPS) is 14.5. The molecule has 116 valence electrons. The lowest BCUT2D eigenvalue weighted by Gasteiger charge is -2.06. The van der Waals surface area contributed by atoms with E-state index >= 15 is 0 Å². The number of nitrogens with one attached hydrogen (secondary N) is 1. The number of hydrogen-bond donors (Lipinski definition) is 1. The molecule has 2 aromatic carbocycles. The first kappa shape index (κ1) is 15.3. The van der Waals surface area contributed by atoms with Crippen LogP contribution in [0.5, 0.6) is 5.75 Å². The molecule has 0 bridgehead atoms. The molecule has 23 heavy (non-hydrogen) atoms. The molecule has 6 heteroatoms. The van der Waals surface area contributed by atoms with Gasteiger partial charge in [0.05, 0.1) is 5.97 Å². The van der Waals surface area contributed by atoms with E-state index in [2.05, 4.69) is 21.2 Å². The van der Waals surface area contributed by atoms with Crippen LogP contribution >= 0.6 is 15.9 Å². The van der Waals surface area contributed by atoms with E-state index in [1.807, 2.05) is 18.2 Å². The highest BCUT2D eigenvalue weighted by Gasteiger charge is 2.23. The molecule has 0 atom stereocenters. The monoisotopic (exact) mass is 372 g/mol. The Morgan fingerprint density at radius 2 is 1.96 bits per heavy atom. The summed E-state index contributed by atoms with van der Waals surface area (Å²) < 4.78 is 5.91. The van der Waals surface area contributed by atoms with Gasteiger partial charge in [0.1, 0.15) is 12.4 Å². The number of carbonyl (C=O) groups is 2. The van der Waals surface area contributed by atoms with E-state index in [0.717, 1.165) is 21.3 Å². The molecule has 3 rings (SSSR count). The Morgan fingerprint density at radius 3 is 2.65 bits per heavy atom. The van der Waals surface area contributed by atoms with Gasteiger partial charge in [0, 0.05) is 21.3 Å². The van der Waals surface area contributed by atoms with Crippen molar-refractivity contribution in [2.24, 2.45) is 0 Å². The molecule has 0 aromatic heterocycles. The molecule has 1 aliphatic rings. The molecule has 0 spiro atoms. The minimum absolute atomic E-state index is 0.157. The molecule has 1 heterocycles. The van der Waals surface area contributed by atoms with Crippen molar-refractivity contribution in [1.82, 2.24) is 0 Å². The van der Waals surface area contributed by atoms with E-state index in [1.165, 1.54) is 0 Å². The lowest BCUT2D eigenvalue weighted by molar-refractivity contribution is -0.307. The van der Waals surface area contributed by atoms with E-state index in [4.69, 9.17) is 4.74 Å². The third-order valence-electron chi connectivity index (χ3n) is 3.31. The molecule has 0 radical (unpaired) electrons. The first-order valence-electron chi connectivity index (χ1n) is 6.78. The van der Waals surface area contributed by atoms with Crippen LogP contribution in [0.15, 0.2) is 46.9 Å². The van der Waals surface area contributed by atoms with Crippen LogP contribution in [0.2, 0.25) is 0 Å².